The molecule has 4 aromatic rings. The monoisotopic (exact) mass is 483 g/mol. The van der Waals surface area contributed by atoms with Crippen LogP contribution in [-0.4, -0.2) is 33.7 Å². The first-order chi connectivity index (χ1) is 17.0. The minimum atomic E-state index is -0.451. The molecule has 6 rings (SSSR count). The number of aromatic nitrogens is 3. The van der Waals surface area contributed by atoms with Crippen molar-refractivity contribution < 1.29 is 14.3 Å². The number of anilines is 2. The number of imide groups is 1. The van der Waals surface area contributed by atoms with Crippen LogP contribution in [0.2, 0.25) is 5.02 Å². The maximum atomic E-state index is 13.0. The van der Waals surface area contributed by atoms with Crippen molar-refractivity contribution in [1.82, 2.24) is 14.8 Å². The fraction of sp³-hybridized carbons (Fsp3) is 0.0769. The molecule has 172 valence electrons. The number of fused-ring (bicyclic) bond motifs is 2. The topological polar surface area (TPSA) is 89.3 Å². The summed E-state index contributed by atoms with van der Waals surface area (Å²) in [6.45, 7) is 0. The molecule has 0 fully saturated rings. The van der Waals surface area contributed by atoms with Gasteiger partial charge < -0.3 is 10.1 Å². The van der Waals surface area contributed by atoms with Crippen LogP contribution in [-0.2, 0) is 0 Å². The van der Waals surface area contributed by atoms with E-state index < -0.39 is 17.9 Å². The zero-order valence-electron chi connectivity index (χ0n) is 18.5. The third-order valence-corrected chi connectivity index (χ3v) is 6.31. The van der Waals surface area contributed by atoms with Crippen LogP contribution < -0.4 is 15.0 Å². The Morgan fingerprint density at radius 3 is 2.26 bits per heavy atom. The molecule has 2 aliphatic heterocycles. The van der Waals surface area contributed by atoms with Crippen LogP contribution in [0.5, 0.6) is 5.75 Å². The van der Waals surface area contributed by atoms with Gasteiger partial charge in [-0.25, -0.2) is 9.58 Å². The van der Waals surface area contributed by atoms with Crippen LogP contribution in [0.15, 0.2) is 78.9 Å². The minimum Gasteiger partial charge on any atom is -0.496 e. The number of ether oxygens (including phenoxy) is 1. The number of amides is 2. The van der Waals surface area contributed by atoms with E-state index >= 15 is 0 Å². The molecule has 0 unspecified atom stereocenters. The smallest absolute Gasteiger partial charge is 0.268 e. The number of para-hydroxylation sites is 1. The fourth-order valence-electron chi connectivity index (χ4n) is 4.38. The molecule has 1 N–H and O–H groups in total. The number of hydrogen-bond acceptors (Lipinski definition) is 6. The van der Waals surface area contributed by atoms with Gasteiger partial charge in [-0.2, -0.15) is 4.98 Å². The van der Waals surface area contributed by atoms with Gasteiger partial charge in [0.25, 0.3) is 17.8 Å². The molecular weight excluding hydrogens is 466 g/mol. The molecule has 0 saturated carbocycles. The SMILES string of the molecule is COc1ccccc1[C@H]1C=C(c2ccc(Cl)cc2)Nc2nc(N3C(=O)c4ccccc4C3=O)nn21. The zero-order valence-corrected chi connectivity index (χ0v) is 19.2. The number of carbonyl (C=O) groups excluding carboxylic acids is 2. The second-order valence-electron chi connectivity index (χ2n) is 8.07. The van der Waals surface area contributed by atoms with Gasteiger partial charge in [0.1, 0.15) is 11.8 Å². The van der Waals surface area contributed by atoms with E-state index in [0.717, 1.165) is 21.7 Å². The van der Waals surface area contributed by atoms with Crippen molar-refractivity contribution in [3.63, 3.8) is 0 Å². The Labute approximate surface area is 205 Å². The number of benzene rings is 3. The first-order valence-corrected chi connectivity index (χ1v) is 11.2. The summed E-state index contributed by atoms with van der Waals surface area (Å²) < 4.78 is 7.25. The van der Waals surface area contributed by atoms with E-state index in [-0.39, 0.29) is 5.95 Å². The minimum absolute atomic E-state index is 0.00403. The lowest BCUT2D eigenvalue weighted by Crippen LogP contribution is -2.30. The summed E-state index contributed by atoms with van der Waals surface area (Å²) in [5.74, 6) is 0.167. The van der Waals surface area contributed by atoms with Gasteiger partial charge in [-0.15, -0.1) is 5.10 Å². The molecule has 3 aromatic carbocycles. The molecule has 0 spiro atoms. The van der Waals surface area contributed by atoms with Crippen LogP contribution in [0.3, 0.4) is 0 Å². The fourth-order valence-corrected chi connectivity index (χ4v) is 4.50. The summed E-state index contributed by atoms with van der Waals surface area (Å²) in [6.07, 6.45) is 1.99. The number of hydrogen-bond donors (Lipinski definition) is 1. The van der Waals surface area contributed by atoms with Crippen molar-refractivity contribution in [2.24, 2.45) is 0 Å². The van der Waals surface area contributed by atoms with Gasteiger partial charge in [0.2, 0.25) is 5.95 Å². The summed E-state index contributed by atoms with van der Waals surface area (Å²) in [5.41, 5.74) is 3.19. The van der Waals surface area contributed by atoms with Crippen molar-refractivity contribution in [1.29, 1.82) is 0 Å². The Morgan fingerprint density at radius 2 is 1.57 bits per heavy atom. The summed E-state index contributed by atoms with van der Waals surface area (Å²) in [6, 6.07) is 21.3. The summed E-state index contributed by atoms with van der Waals surface area (Å²) in [7, 11) is 1.61. The second-order valence-corrected chi connectivity index (χ2v) is 8.51. The Morgan fingerprint density at radius 1 is 0.914 bits per heavy atom. The maximum Gasteiger partial charge on any atom is 0.268 e. The van der Waals surface area contributed by atoms with E-state index in [2.05, 4.69) is 15.4 Å². The molecule has 1 aromatic heterocycles. The third kappa shape index (κ3) is 3.38. The van der Waals surface area contributed by atoms with Gasteiger partial charge in [0, 0.05) is 16.3 Å². The van der Waals surface area contributed by atoms with Crippen molar-refractivity contribution in [2.75, 3.05) is 17.3 Å². The largest absolute Gasteiger partial charge is 0.496 e. The number of carbonyl (C=O) groups is 2. The van der Waals surface area contributed by atoms with Crippen LogP contribution in [0.25, 0.3) is 5.70 Å². The lowest BCUT2D eigenvalue weighted by molar-refractivity contribution is 0.0923. The molecule has 1 atom stereocenters. The molecule has 8 nitrogen and oxygen atoms in total. The molecule has 2 aliphatic rings. The van der Waals surface area contributed by atoms with E-state index in [1.165, 1.54) is 0 Å². The molecule has 0 saturated heterocycles. The molecule has 35 heavy (non-hydrogen) atoms. The third-order valence-electron chi connectivity index (χ3n) is 6.06. The van der Waals surface area contributed by atoms with Crippen molar-refractivity contribution >= 4 is 41.0 Å². The summed E-state index contributed by atoms with van der Waals surface area (Å²) in [5, 5.41) is 8.51. The first kappa shape index (κ1) is 21.1. The average Bonchev–Trinajstić information content (AvgIpc) is 3.42. The van der Waals surface area contributed by atoms with Gasteiger partial charge >= 0.3 is 0 Å². The Hall–Kier alpha value is -4.43. The van der Waals surface area contributed by atoms with E-state index in [0.29, 0.717) is 27.8 Å². The zero-order chi connectivity index (χ0) is 24.1. The number of rotatable bonds is 4. The average molecular weight is 484 g/mol. The highest BCUT2D eigenvalue weighted by Crippen LogP contribution is 2.38. The number of methoxy groups -OCH3 is 1. The molecule has 0 aliphatic carbocycles. The predicted molar refractivity (Wildman–Crippen MR) is 132 cm³/mol. The normalized spacial score (nSPS) is 16.5. The number of halogens is 1. The summed E-state index contributed by atoms with van der Waals surface area (Å²) in [4.78, 5) is 31.7. The van der Waals surface area contributed by atoms with Gasteiger partial charge in [-0.1, -0.05) is 54.1 Å². The van der Waals surface area contributed by atoms with Crippen LogP contribution >= 0.6 is 11.6 Å². The molecule has 9 heteroatoms. The highest BCUT2D eigenvalue weighted by atomic mass is 35.5. The highest BCUT2D eigenvalue weighted by molar-refractivity contribution is 6.33. The van der Waals surface area contributed by atoms with Crippen molar-refractivity contribution in [2.45, 2.75) is 6.04 Å². The standard InChI is InChI=1S/C26H18ClN5O3/c1-35-22-9-5-4-8-19(22)21-14-20(15-10-12-16(27)13-11-15)28-25-29-26(30-32(21)25)31-23(33)17-6-2-3-7-18(17)24(31)34/h2-14,21H,1H3,(H,28,29,30)/t21-/m1/s1. The molecule has 0 bridgehead atoms. The van der Waals surface area contributed by atoms with Crippen LogP contribution in [0.4, 0.5) is 11.9 Å². The van der Waals surface area contributed by atoms with Crippen molar-refractivity contribution in [3.05, 3.63) is 106 Å². The molecule has 2 amide bonds. The Bertz CT molecular complexity index is 1490. The molecule has 0 radical (unpaired) electrons. The van der Waals surface area contributed by atoms with Crippen LogP contribution in [0, 0.1) is 0 Å². The molecular formula is C26H18ClN5O3. The van der Waals surface area contributed by atoms with E-state index in [1.54, 1.807) is 48.2 Å². The van der Waals surface area contributed by atoms with Crippen LogP contribution in [0.1, 0.15) is 37.9 Å². The predicted octanol–water partition coefficient (Wildman–Crippen LogP) is 4.80. The highest BCUT2D eigenvalue weighted by Gasteiger charge is 2.40. The number of allylic oxidation sites excluding steroid dienone is 1. The van der Waals surface area contributed by atoms with Crippen molar-refractivity contribution in [3.8, 4) is 5.75 Å². The van der Waals surface area contributed by atoms with Gasteiger partial charge in [-0.05, 0) is 42.0 Å². The van der Waals surface area contributed by atoms with E-state index in [9.17, 15) is 9.59 Å². The lowest BCUT2D eigenvalue weighted by atomic mass is 10.0. The Balaban J connectivity index is 1.47. The van der Waals surface area contributed by atoms with Gasteiger partial charge in [0.15, 0.2) is 0 Å². The lowest BCUT2D eigenvalue weighted by Gasteiger charge is -2.25. The van der Waals surface area contributed by atoms with E-state index in [1.807, 2.05) is 42.5 Å². The second kappa shape index (κ2) is 8.11. The van der Waals surface area contributed by atoms with Gasteiger partial charge in [0.05, 0.1) is 18.2 Å². The Kier molecular flexibility index (Phi) is 4.89. The maximum absolute atomic E-state index is 13.0. The number of nitrogens with zero attached hydrogens (tertiary/aromatic N) is 4. The van der Waals surface area contributed by atoms with E-state index in [4.69, 9.17) is 16.3 Å². The molecule has 3 heterocycles. The quantitative estimate of drug-likeness (QED) is 0.419. The van der Waals surface area contributed by atoms with Gasteiger partial charge in [-0.3, -0.25) is 9.59 Å². The summed E-state index contributed by atoms with van der Waals surface area (Å²) >= 11 is 6.09. The number of nitrogens with one attached hydrogen (secondary N) is 1. The first-order valence-electron chi connectivity index (χ1n) is 10.9.